The van der Waals surface area contributed by atoms with Crippen molar-refractivity contribution >= 4 is 35.6 Å². The lowest BCUT2D eigenvalue weighted by Gasteiger charge is -2.29. The first-order valence-corrected chi connectivity index (χ1v) is 16.4. The van der Waals surface area contributed by atoms with Gasteiger partial charge in [-0.25, -0.2) is 9.59 Å². The van der Waals surface area contributed by atoms with Gasteiger partial charge in [0.25, 0.3) is 0 Å². The van der Waals surface area contributed by atoms with Crippen LogP contribution in [0, 0.1) is 0 Å². The molecule has 0 spiro atoms. The molecule has 0 bridgehead atoms. The van der Waals surface area contributed by atoms with Crippen LogP contribution >= 0.6 is 0 Å². The number of carbonyl (C=O) groups is 2. The summed E-state index contributed by atoms with van der Waals surface area (Å²) in [7, 11) is 0. The predicted octanol–water partition coefficient (Wildman–Crippen LogP) is 9.92. The van der Waals surface area contributed by atoms with Crippen molar-refractivity contribution in [1.82, 2.24) is 10.2 Å². The molecular formula is C37H44F6N4O5. The van der Waals surface area contributed by atoms with Crippen LogP contribution in [0.15, 0.2) is 65.1 Å². The molecule has 1 saturated heterocycles. The number of alkyl carbamates (subject to hydrolysis) is 1. The molecule has 0 unspecified atom stereocenters. The molecule has 1 heterocycles. The van der Waals surface area contributed by atoms with Gasteiger partial charge in [-0.1, -0.05) is 30.9 Å². The molecular weight excluding hydrogens is 694 g/mol. The van der Waals surface area contributed by atoms with E-state index in [2.05, 4.69) is 21.9 Å². The van der Waals surface area contributed by atoms with E-state index in [1.54, 1.807) is 65.5 Å². The third-order valence-electron chi connectivity index (χ3n) is 7.23. The molecule has 3 rings (SSSR count). The molecule has 0 radical (unpaired) electrons. The highest BCUT2D eigenvalue weighted by molar-refractivity contribution is 6.02. The first-order chi connectivity index (χ1) is 23.9. The lowest BCUT2D eigenvalue weighted by Crippen LogP contribution is -2.50. The SMILES string of the molecule is C=C(N=C(C)[C@@H]1CCCN1C(=NC(=O)OC(C)(C)C)NC(=O)OC(C)(C)C)c1ccc(OCC/C=C/c2ccc(C(F)(F)F)cc2)c(C(F)(F)F)c1. The van der Waals surface area contributed by atoms with E-state index in [9.17, 15) is 35.9 Å². The molecule has 1 aliphatic rings. The second kappa shape index (κ2) is 16.7. The maximum absolute atomic E-state index is 14.1. The number of hydrogen-bond donors (Lipinski definition) is 1. The first-order valence-electron chi connectivity index (χ1n) is 16.4. The fourth-order valence-electron chi connectivity index (χ4n) is 5.03. The van der Waals surface area contributed by atoms with E-state index >= 15 is 0 Å². The van der Waals surface area contributed by atoms with E-state index in [0.717, 1.165) is 18.2 Å². The van der Waals surface area contributed by atoms with Gasteiger partial charge in [-0.2, -0.15) is 26.3 Å². The number of guanidine groups is 1. The zero-order valence-corrected chi connectivity index (χ0v) is 30.2. The quantitative estimate of drug-likeness (QED) is 0.125. The molecule has 52 heavy (non-hydrogen) atoms. The highest BCUT2D eigenvalue weighted by Crippen LogP contribution is 2.38. The van der Waals surface area contributed by atoms with Crippen molar-refractivity contribution in [2.75, 3.05) is 13.2 Å². The van der Waals surface area contributed by atoms with Gasteiger partial charge in [-0.3, -0.25) is 10.3 Å². The maximum atomic E-state index is 14.1. The Balaban J connectivity index is 1.77. The monoisotopic (exact) mass is 738 g/mol. The number of hydrogen-bond acceptors (Lipinski definition) is 6. The second-order valence-corrected chi connectivity index (χ2v) is 14.0. The van der Waals surface area contributed by atoms with Crippen molar-refractivity contribution in [2.45, 2.75) is 97.3 Å². The summed E-state index contributed by atoms with van der Waals surface area (Å²) in [4.78, 5) is 35.5. The highest BCUT2D eigenvalue weighted by atomic mass is 19.4. The molecule has 1 N–H and O–H groups in total. The molecule has 0 aromatic heterocycles. The number of nitrogens with zero attached hydrogens (tertiary/aromatic N) is 3. The average Bonchev–Trinajstić information content (AvgIpc) is 3.48. The van der Waals surface area contributed by atoms with Crippen LogP contribution in [0.2, 0.25) is 0 Å². The van der Waals surface area contributed by atoms with Crippen LogP contribution in [0.4, 0.5) is 35.9 Å². The number of aliphatic imine (C=N–C) groups is 2. The minimum Gasteiger partial charge on any atom is -0.493 e. The van der Waals surface area contributed by atoms with Gasteiger partial charge in [0, 0.05) is 17.8 Å². The van der Waals surface area contributed by atoms with E-state index in [1.807, 2.05) is 0 Å². The number of halogens is 6. The molecule has 0 saturated carbocycles. The van der Waals surface area contributed by atoms with Gasteiger partial charge in [0.2, 0.25) is 5.96 Å². The molecule has 1 aliphatic heterocycles. The number of carbonyl (C=O) groups excluding carboxylic acids is 2. The van der Waals surface area contributed by atoms with Crippen LogP contribution in [-0.2, 0) is 21.8 Å². The molecule has 1 atom stereocenters. The summed E-state index contributed by atoms with van der Waals surface area (Å²) in [6.07, 6.45) is -6.55. The number of rotatable bonds is 8. The summed E-state index contributed by atoms with van der Waals surface area (Å²) in [6, 6.07) is 7.42. The summed E-state index contributed by atoms with van der Waals surface area (Å²) in [5.74, 6) is -0.535. The molecule has 0 aliphatic carbocycles. The van der Waals surface area contributed by atoms with Gasteiger partial charge in [0.05, 0.1) is 29.5 Å². The minimum absolute atomic E-state index is 0.0339. The third-order valence-corrected chi connectivity index (χ3v) is 7.23. The van der Waals surface area contributed by atoms with Crippen molar-refractivity contribution in [3.8, 4) is 5.75 Å². The van der Waals surface area contributed by atoms with E-state index in [4.69, 9.17) is 14.2 Å². The van der Waals surface area contributed by atoms with Gasteiger partial charge >= 0.3 is 24.5 Å². The molecule has 284 valence electrons. The van der Waals surface area contributed by atoms with Crippen LogP contribution in [0.25, 0.3) is 11.8 Å². The van der Waals surface area contributed by atoms with Gasteiger partial charge in [-0.15, -0.1) is 4.99 Å². The topological polar surface area (TPSA) is 102 Å². The van der Waals surface area contributed by atoms with Gasteiger partial charge in [0.15, 0.2) is 0 Å². The summed E-state index contributed by atoms with van der Waals surface area (Å²) in [5, 5.41) is 2.53. The van der Waals surface area contributed by atoms with Crippen molar-refractivity contribution in [1.29, 1.82) is 0 Å². The number of benzene rings is 2. The van der Waals surface area contributed by atoms with Gasteiger partial charge in [0.1, 0.15) is 17.0 Å². The first kappa shape index (κ1) is 41.6. The minimum atomic E-state index is -4.77. The Hall–Kier alpha value is -4.82. The fraction of sp³-hybridized carbons (Fsp3) is 0.459. The Labute approximate surface area is 299 Å². The van der Waals surface area contributed by atoms with Crippen LogP contribution in [0.5, 0.6) is 5.75 Å². The average molecular weight is 739 g/mol. The van der Waals surface area contributed by atoms with Crippen molar-refractivity contribution in [3.05, 3.63) is 77.4 Å². The summed E-state index contributed by atoms with van der Waals surface area (Å²) < 4.78 is 96.8. The number of nitrogens with one attached hydrogen (secondary N) is 1. The molecule has 15 heteroatoms. The smallest absolute Gasteiger partial charge is 0.437 e. The zero-order chi connectivity index (χ0) is 39.1. The Morgan fingerprint density at radius 1 is 0.923 bits per heavy atom. The summed E-state index contributed by atoms with van der Waals surface area (Å²) >= 11 is 0. The lowest BCUT2D eigenvalue weighted by atomic mass is 10.1. The second-order valence-electron chi connectivity index (χ2n) is 14.0. The maximum Gasteiger partial charge on any atom is 0.437 e. The van der Waals surface area contributed by atoms with Crippen molar-refractivity contribution in [3.63, 3.8) is 0 Å². The summed E-state index contributed by atoms with van der Waals surface area (Å²) in [5.41, 5.74) is -2.47. The van der Waals surface area contributed by atoms with E-state index in [0.29, 0.717) is 30.7 Å². The summed E-state index contributed by atoms with van der Waals surface area (Å²) in [6.45, 7) is 15.8. The van der Waals surface area contributed by atoms with Crippen LogP contribution in [0.3, 0.4) is 0 Å². The fourth-order valence-corrected chi connectivity index (χ4v) is 5.03. The van der Waals surface area contributed by atoms with E-state index in [1.165, 1.54) is 24.3 Å². The third kappa shape index (κ3) is 13.1. The van der Waals surface area contributed by atoms with Crippen molar-refractivity contribution < 1.29 is 50.1 Å². The highest BCUT2D eigenvalue weighted by Gasteiger charge is 2.36. The van der Waals surface area contributed by atoms with E-state index < -0.39 is 58.7 Å². The molecule has 1 fully saturated rings. The molecule has 2 aromatic carbocycles. The van der Waals surface area contributed by atoms with Crippen molar-refractivity contribution in [2.24, 2.45) is 9.98 Å². The van der Waals surface area contributed by atoms with Gasteiger partial charge < -0.3 is 19.1 Å². The number of ether oxygens (including phenoxy) is 3. The Morgan fingerprint density at radius 3 is 2.13 bits per heavy atom. The largest absolute Gasteiger partial charge is 0.493 e. The molecule has 2 aromatic rings. The predicted molar refractivity (Wildman–Crippen MR) is 187 cm³/mol. The van der Waals surface area contributed by atoms with E-state index in [-0.39, 0.29) is 30.2 Å². The number of alkyl halides is 6. The normalized spacial score (nSPS) is 16.2. The Bertz CT molecular complexity index is 1680. The Kier molecular flexibility index (Phi) is 13.3. The number of amides is 2. The molecule has 9 nitrogen and oxygen atoms in total. The lowest BCUT2D eigenvalue weighted by molar-refractivity contribution is -0.139. The Morgan fingerprint density at radius 2 is 1.56 bits per heavy atom. The van der Waals surface area contributed by atoms with Crippen LogP contribution < -0.4 is 10.1 Å². The standard InChI is InChI=1S/C37H44F6N4O5/c1-23(44-24(2)29-13-11-20-47(29)31(45-32(48)51-34(3,4)5)46-33(49)52-35(6,7)8)26-16-19-30(28(22-26)37(41,42)43)50-21-10-9-12-25-14-17-27(18-15-25)36(38,39)40/h9,12,14-19,22,29H,1,10-11,13,20-21H2,2-8H3,(H,45,46,48,49)/b12-9+,44-24?/t29-/m0/s1. The van der Waals surface area contributed by atoms with Crippen LogP contribution in [0.1, 0.15) is 90.0 Å². The zero-order valence-electron chi connectivity index (χ0n) is 30.2. The number of likely N-dealkylation sites (tertiary alicyclic amines) is 1. The van der Waals surface area contributed by atoms with Crippen LogP contribution in [-0.4, -0.2) is 59.2 Å². The van der Waals surface area contributed by atoms with Gasteiger partial charge in [-0.05, 0) is 104 Å². The molecule has 2 amide bonds.